The molecular formula is C17H20O7. The maximum Gasteiger partial charge on any atom is 0.343 e. The molecule has 130 valence electrons. The number of ether oxygens (including phenoxy) is 3. The van der Waals surface area contributed by atoms with Gasteiger partial charge in [0.15, 0.2) is 0 Å². The average molecular weight is 336 g/mol. The summed E-state index contributed by atoms with van der Waals surface area (Å²) in [5, 5.41) is 0. The summed E-state index contributed by atoms with van der Waals surface area (Å²) in [6.45, 7) is 1.78. The van der Waals surface area contributed by atoms with Gasteiger partial charge in [0.1, 0.15) is 6.61 Å². The van der Waals surface area contributed by atoms with Crippen molar-refractivity contribution in [2.75, 3.05) is 6.61 Å². The Morgan fingerprint density at radius 2 is 1.62 bits per heavy atom. The molecule has 0 radical (unpaired) electrons. The molecule has 1 aromatic rings. The van der Waals surface area contributed by atoms with Crippen LogP contribution in [0.1, 0.15) is 44.6 Å². The van der Waals surface area contributed by atoms with E-state index in [0.29, 0.717) is 5.56 Å². The molecule has 4 fully saturated rings. The summed E-state index contributed by atoms with van der Waals surface area (Å²) in [4.78, 5) is 22.2. The molecule has 3 atom stereocenters. The fraction of sp³-hybridized carbons (Fsp3) is 0.647. The third-order valence-corrected chi connectivity index (χ3v) is 5.21. The topological polar surface area (TPSA) is 64.6 Å². The van der Waals surface area contributed by atoms with Gasteiger partial charge in [-0.3, -0.25) is 4.74 Å². The van der Waals surface area contributed by atoms with Crippen LogP contribution >= 0.6 is 0 Å². The summed E-state index contributed by atoms with van der Waals surface area (Å²) in [5.41, 5.74) is 0.704. The highest BCUT2D eigenvalue weighted by Gasteiger charge is 2.75. The lowest BCUT2D eigenvalue weighted by atomic mass is 9.93. The molecule has 7 heteroatoms. The van der Waals surface area contributed by atoms with Crippen LogP contribution in [0.3, 0.4) is 0 Å². The zero-order chi connectivity index (χ0) is 16.3. The summed E-state index contributed by atoms with van der Waals surface area (Å²) in [7, 11) is 0. The lowest BCUT2D eigenvalue weighted by Gasteiger charge is -2.42. The normalized spacial score (nSPS) is 43.5. The Hall–Kier alpha value is -1.06. The number of hydrogen-bond donors (Lipinski definition) is 0. The fourth-order valence-electron chi connectivity index (χ4n) is 3.75. The molecule has 1 saturated carbocycles. The number of hydrogen-bond acceptors (Lipinski definition) is 7. The van der Waals surface area contributed by atoms with Gasteiger partial charge < -0.3 is 9.47 Å². The fourth-order valence-corrected chi connectivity index (χ4v) is 3.75. The summed E-state index contributed by atoms with van der Waals surface area (Å²) in [6.07, 6.45) is 4.78. The molecule has 0 aromatic heterocycles. The van der Waals surface area contributed by atoms with Gasteiger partial charge in [0.05, 0.1) is 0 Å². The summed E-state index contributed by atoms with van der Waals surface area (Å²) in [6, 6.07) is 9.36. The van der Waals surface area contributed by atoms with Gasteiger partial charge in [0.2, 0.25) is 5.79 Å². The minimum absolute atomic E-state index is 0.0696. The monoisotopic (exact) mass is 336 g/mol. The highest BCUT2D eigenvalue weighted by atomic mass is 17.4. The maximum atomic E-state index is 6.23. The third kappa shape index (κ3) is 1.97. The first-order valence-corrected chi connectivity index (χ1v) is 8.43. The average Bonchev–Trinajstić information content (AvgIpc) is 3.13. The van der Waals surface area contributed by atoms with Gasteiger partial charge in [-0.25, -0.2) is 0 Å². The highest BCUT2D eigenvalue weighted by molar-refractivity contribution is 5.20. The van der Waals surface area contributed by atoms with Gasteiger partial charge in [-0.1, -0.05) is 36.8 Å². The minimum atomic E-state index is -1.42. The van der Waals surface area contributed by atoms with Gasteiger partial charge in [0, 0.05) is 18.4 Å². The molecule has 4 aliphatic rings. The van der Waals surface area contributed by atoms with Gasteiger partial charge in [-0.2, -0.15) is 19.6 Å². The first-order chi connectivity index (χ1) is 11.6. The molecule has 0 amide bonds. The van der Waals surface area contributed by atoms with Crippen LogP contribution in [0.4, 0.5) is 0 Å². The Kier molecular flexibility index (Phi) is 3.16. The highest BCUT2D eigenvalue weighted by Crippen LogP contribution is 2.56. The van der Waals surface area contributed by atoms with E-state index in [1.165, 1.54) is 6.42 Å². The van der Waals surface area contributed by atoms with Crippen LogP contribution in [0.5, 0.6) is 0 Å². The molecule has 5 rings (SSSR count). The van der Waals surface area contributed by atoms with E-state index in [1.807, 2.05) is 30.3 Å². The predicted molar refractivity (Wildman–Crippen MR) is 77.5 cm³/mol. The summed E-state index contributed by atoms with van der Waals surface area (Å²) in [5.74, 6) is -4.80. The molecule has 3 aliphatic heterocycles. The Morgan fingerprint density at radius 1 is 0.833 bits per heavy atom. The van der Waals surface area contributed by atoms with Crippen molar-refractivity contribution in [1.82, 2.24) is 0 Å². The van der Waals surface area contributed by atoms with Crippen molar-refractivity contribution in [1.29, 1.82) is 0 Å². The van der Waals surface area contributed by atoms with E-state index in [4.69, 9.17) is 33.8 Å². The zero-order valence-electron chi connectivity index (χ0n) is 13.5. The van der Waals surface area contributed by atoms with Gasteiger partial charge in [0.25, 0.3) is 11.6 Å². The van der Waals surface area contributed by atoms with E-state index in [-0.39, 0.29) is 6.61 Å². The number of fused-ring (bicyclic) bond motifs is 3. The first kappa shape index (κ1) is 15.2. The molecular weight excluding hydrogens is 316 g/mol. The standard InChI is InChI=1S/C17H20O7/c1-14-16(20-15(22-23-16)10-6-3-7-11-15)12-18-17(19-14,24-21-14)13-8-4-2-5-9-13/h2,4-5,8-9H,3,6-7,10-12H2,1H3. The lowest BCUT2D eigenvalue weighted by molar-refractivity contribution is -0.467. The molecule has 0 N–H and O–H groups in total. The van der Waals surface area contributed by atoms with Crippen LogP contribution in [-0.2, 0) is 39.7 Å². The quantitative estimate of drug-likeness (QED) is 0.731. The van der Waals surface area contributed by atoms with E-state index in [0.717, 1.165) is 25.7 Å². The molecule has 1 aromatic carbocycles. The largest absolute Gasteiger partial charge is 0.343 e. The molecule has 3 heterocycles. The second-order valence-electron chi connectivity index (χ2n) is 6.92. The van der Waals surface area contributed by atoms with E-state index in [2.05, 4.69) is 0 Å². The molecule has 3 saturated heterocycles. The van der Waals surface area contributed by atoms with Crippen LogP contribution in [0.15, 0.2) is 30.3 Å². The molecule has 3 unspecified atom stereocenters. The minimum Gasteiger partial charge on any atom is -0.316 e. The van der Waals surface area contributed by atoms with Gasteiger partial charge in [-0.15, -0.1) is 0 Å². The van der Waals surface area contributed by atoms with Crippen LogP contribution in [0.25, 0.3) is 0 Å². The van der Waals surface area contributed by atoms with Crippen molar-refractivity contribution in [2.45, 2.75) is 62.4 Å². The lowest BCUT2D eigenvalue weighted by Crippen LogP contribution is -2.62. The Morgan fingerprint density at radius 3 is 2.42 bits per heavy atom. The Balaban J connectivity index is 1.44. The summed E-state index contributed by atoms with van der Waals surface area (Å²) < 4.78 is 18.1. The predicted octanol–water partition coefficient (Wildman–Crippen LogP) is 2.86. The van der Waals surface area contributed by atoms with Crippen molar-refractivity contribution in [3.63, 3.8) is 0 Å². The van der Waals surface area contributed by atoms with Crippen molar-refractivity contribution >= 4 is 0 Å². The van der Waals surface area contributed by atoms with Crippen molar-refractivity contribution in [2.24, 2.45) is 0 Å². The summed E-state index contributed by atoms with van der Waals surface area (Å²) >= 11 is 0. The van der Waals surface area contributed by atoms with E-state index in [1.54, 1.807) is 6.92 Å². The van der Waals surface area contributed by atoms with Crippen LogP contribution in [0, 0.1) is 0 Å². The number of rotatable bonds is 1. The molecule has 1 aliphatic carbocycles. The number of benzene rings is 1. The van der Waals surface area contributed by atoms with Crippen LogP contribution < -0.4 is 0 Å². The van der Waals surface area contributed by atoms with Crippen molar-refractivity contribution in [3.8, 4) is 0 Å². The van der Waals surface area contributed by atoms with Crippen LogP contribution in [-0.4, -0.2) is 24.0 Å². The smallest absolute Gasteiger partial charge is 0.316 e. The van der Waals surface area contributed by atoms with Crippen molar-refractivity contribution in [3.05, 3.63) is 35.9 Å². The zero-order valence-corrected chi connectivity index (χ0v) is 13.5. The first-order valence-electron chi connectivity index (χ1n) is 8.43. The molecule has 24 heavy (non-hydrogen) atoms. The Labute approximate surface area is 139 Å². The van der Waals surface area contributed by atoms with Gasteiger partial charge in [-0.05, 0) is 19.8 Å². The van der Waals surface area contributed by atoms with Crippen molar-refractivity contribution < 1.29 is 33.8 Å². The molecule has 7 nitrogen and oxygen atoms in total. The SMILES string of the molecule is CC12OOC(c3ccccc3)(OCC13OOC1(CCCCC1)O3)O2. The van der Waals surface area contributed by atoms with E-state index in [9.17, 15) is 0 Å². The second kappa shape index (κ2) is 4.98. The van der Waals surface area contributed by atoms with E-state index >= 15 is 0 Å². The van der Waals surface area contributed by atoms with E-state index < -0.39 is 23.3 Å². The van der Waals surface area contributed by atoms with Gasteiger partial charge >= 0.3 is 5.97 Å². The van der Waals surface area contributed by atoms with Crippen LogP contribution in [0.2, 0.25) is 0 Å². The maximum absolute atomic E-state index is 6.23. The second-order valence-corrected chi connectivity index (χ2v) is 6.92. The molecule has 2 spiro atoms. The third-order valence-electron chi connectivity index (χ3n) is 5.21. The molecule has 2 bridgehead atoms. The Bertz CT molecular complexity index is 631.